The van der Waals surface area contributed by atoms with Crippen molar-refractivity contribution in [2.75, 3.05) is 13.2 Å². The maximum absolute atomic E-state index is 14.4. The summed E-state index contributed by atoms with van der Waals surface area (Å²) in [5.41, 5.74) is 2.51. The van der Waals surface area contributed by atoms with Crippen LogP contribution >= 0.6 is 0 Å². The van der Waals surface area contributed by atoms with Gasteiger partial charge in [-0.25, -0.2) is 13.2 Å². The van der Waals surface area contributed by atoms with E-state index in [9.17, 15) is 18.0 Å². The lowest BCUT2D eigenvalue weighted by atomic mass is 9.70. The first kappa shape index (κ1) is 19.2. The summed E-state index contributed by atoms with van der Waals surface area (Å²) in [6, 6.07) is 8.17. The van der Waals surface area contributed by atoms with Crippen LogP contribution in [0.4, 0.5) is 13.2 Å². The van der Waals surface area contributed by atoms with Gasteiger partial charge in [-0.05, 0) is 66.1 Å². The lowest BCUT2D eigenvalue weighted by Gasteiger charge is -2.37. The summed E-state index contributed by atoms with van der Waals surface area (Å²) in [4.78, 5) is 15.0. The summed E-state index contributed by atoms with van der Waals surface area (Å²) in [5.74, 6) is -1.32. The van der Waals surface area contributed by atoms with Crippen molar-refractivity contribution in [3.63, 3.8) is 0 Å². The first-order chi connectivity index (χ1) is 14.5. The second-order valence-electron chi connectivity index (χ2n) is 8.16. The second-order valence-corrected chi connectivity index (χ2v) is 8.16. The molecule has 0 bridgehead atoms. The standard InChI is InChI=1S/C23H21F3N2O2/c24-15-3-1-13(2-4-15)21-20(17-9-16(25)10-18(26)22(17)28-21)14-7-12(8-14)11-27-23(29)19-5-6-30-19/h1-4,9-10,12,14,19,28H,5-8,11H2,(H,27,29)/t12?,14?,19-/m0/s1. The van der Waals surface area contributed by atoms with Crippen molar-refractivity contribution >= 4 is 16.8 Å². The zero-order chi connectivity index (χ0) is 20.8. The van der Waals surface area contributed by atoms with E-state index in [0.717, 1.165) is 36.5 Å². The minimum atomic E-state index is -0.650. The van der Waals surface area contributed by atoms with E-state index in [0.29, 0.717) is 30.1 Å². The summed E-state index contributed by atoms with van der Waals surface area (Å²) in [6.45, 7) is 1.19. The number of rotatable bonds is 5. The van der Waals surface area contributed by atoms with Gasteiger partial charge < -0.3 is 15.0 Å². The largest absolute Gasteiger partial charge is 0.368 e. The summed E-state index contributed by atoms with van der Waals surface area (Å²) in [5, 5.41) is 3.44. The van der Waals surface area contributed by atoms with E-state index < -0.39 is 11.6 Å². The summed E-state index contributed by atoms with van der Waals surface area (Å²) >= 11 is 0. The van der Waals surface area contributed by atoms with Crippen molar-refractivity contribution < 1.29 is 22.7 Å². The third kappa shape index (κ3) is 3.37. The third-order valence-electron chi connectivity index (χ3n) is 6.20. The topological polar surface area (TPSA) is 54.1 Å². The van der Waals surface area contributed by atoms with Crippen LogP contribution in [0.15, 0.2) is 36.4 Å². The quantitative estimate of drug-likeness (QED) is 0.639. The number of ether oxygens (including phenoxy) is 1. The molecule has 0 spiro atoms. The Kier molecular flexibility index (Phi) is 4.77. The minimum Gasteiger partial charge on any atom is -0.368 e. The van der Waals surface area contributed by atoms with Crippen molar-refractivity contribution in [3.8, 4) is 11.3 Å². The van der Waals surface area contributed by atoms with Crippen LogP contribution in [-0.4, -0.2) is 30.1 Å². The summed E-state index contributed by atoms with van der Waals surface area (Å²) in [6.07, 6.45) is 2.02. The number of H-pyrrole nitrogens is 1. The Balaban J connectivity index is 1.41. The zero-order valence-corrected chi connectivity index (χ0v) is 16.2. The molecule has 1 aromatic heterocycles. The molecular weight excluding hydrogens is 393 g/mol. The monoisotopic (exact) mass is 414 g/mol. The van der Waals surface area contributed by atoms with Gasteiger partial charge in [0.05, 0.1) is 17.8 Å². The lowest BCUT2D eigenvalue weighted by molar-refractivity contribution is -0.145. The van der Waals surface area contributed by atoms with Gasteiger partial charge in [0.1, 0.15) is 23.6 Å². The molecule has 0 radical (unpaired) electrons. The first-order valence-electron chi connectivity index (χ1n) is 10.2. The van der Waals surface area contributed by atoms with Crippen LogP contribution in [-0.2, 0) is 9.53 Å². The van der Waals surface area contributed by atoms with Crippen LogP contribution in [0.3, 0.4) is 0 Å². The Morgan fingerprint density at radius 3 is 2.50 bits per heavy atom. The molecule has 1 amide bonds. The molecule has 1 atom stereocenters. The molecule has 5 rings (SSSR count). The molecule has 1 aliphatic heterocycles. The van der Waals surface area contributed by atoms with Crippen molar-refractivity contribution in [1.82, 2.24) is 10.3 Å². The molecule has 2 heterocycles. The van der Waals surface area contributed by atoms with Gasteiger partial charge in [-0.3, -0.25) is 4.79 Å². The molecule has 0 unspecified atom stereocenters. The van der Waals surface area contributed by atoms with E-state index >= 15 is 0 Å². The van der Waals surface area contributed by atoms with Gasteiger partial charge in [-0.2, -0.15) is 0 Å². The number of benzene rings is 2. The van der Waals surface area contributed by atoms with Gasteiger partial charge in [0.25, 0.3) is 0 Å². The molecule has 4 nitrogen and oxygen atoms in total. The number of carbonyl (C=O) groups excluding carboxylic acids is 1. The van der Waals surface area contributed by atoms with Gasteiger partial charge in [-0.15, -0.1) is 0 Å². The van der Waals surface area contributed by atoms with E-state index in [1.54, 1.807) is 12.1 Å². The van der Waals surface area contributed by atoms with Crippen molar-refractivity contribution in [2.45, 2.75) is 31.3 Å². The highest BCUT2D eigenvalue weighted by Crippen LogP contribution is 2.48. The maximum Gasteiger partial charge on any atom is 0.249 e. The Hall–Kier alpha value is -2.80. The minimum absolute atomic E-state index is 0.0760. The highest BCUT2D eigenvalue weighted by Gasteiger charge is 2.35. The van der Waals surface area contributed by atoms with E-state index in [1.807, 2.05) is 0 Å². The van der Waals surface area contributed by atoms with Crippen LogP contribution < -0.4 is 5.32 Å². The van der Waals surface area contributed by atoms with E-state index in [-0.39, 0.29) is 29.3 Å². The van der Waals surface area contributed by atoms with Crippen LogP contribution in [0, 0.1) is 23.4 Å². The number of aromatic amines is 1. The van der Waals surface area contributed by atoms with Gasteiger partial charge in [0, 0.05) is 24.4 Å². The number of carbonyl (C=O) groups is 1. The average Bonchev–Trinajstić information content (AvgIpc) is 2.99. The number of hydrogen-bond acceptors (Lipinski definition) is 2. The van der Waals surface area contributed by atoms with Gasteiger partial charge in [0.2, 0.25) is 5.91 Å². The van der Waals surface area contributed by atoms with Crippen LogP contribution in [0.25, 0.3) is 22.2 Å². The molecule has 1 saturated carbocycles. The predicted molar refractivity (Wildman–Crippen MR) is 106 cm³/mol. The molecule has 3 aromatic rings. The number of aromatic nitrogens is 1. The smallest absolute Gasteiger partial charge is 0.249 e. The highest BCUT2D eigenvalue weighted by molar-refractivity contribution is 5.92. The van der Waals surface area contributed by atoms with Crippen LogP contribution in [0.1, 0.15) is 30.7 Å². The Labute approximate surface area is 171 Å². The molecule has 2 aromatic carbocycles. The highest BCUT2D eigenvalue weighted by atomic mass is 19.1. The van der Waals surface area contributed by atoms with Gasteiger partial charge in [-0.1, -0.05) is 0 Å². The summed E-state index contributed by atoms with van der Waals surface area (Å²) < 4.78 is 47.0. The van der Waals surface area contributed by atoms with Gasteiger partial charge >= 0.3 is 0 Å². The predicted octanol–water partition coefficient (Wildman–Crippen LogP) is 4.65. The number of nitrogens with one attached hydrogen (secondary N) is 2. The number of hydrogen-bond donors (Lipinski definition) is 2. The van der Waals surface area contributed by atoms with Crippen molar-refractivity contribution in [3.05, 3.63) is 59.4 Å². The van der Waals surface area contributed by atoms with Crippen molar-refractivity contribution in [2.24, 2.45) is 5.92 Å². The third-order valence-corrected chi connectivity index (χ3v) is 6.20. The number of halogens is 3. The van der Waals surface area contributed by atoms with E-state index in [4.69, 9.17) is 4.74 Å². The Morgan fingerprint density at radius 1 is 1.10 bits per heavy atom. The SMILES string of the molecule is O=C(NCC1CC(c2c(-c3ccc(F)cc3)[nH]c3c(F)cc(F)cc23)C1)[C@@H]1CCO1. The Morgan fingerprint density at radius 2 is 1.83 bits per heavy atom. The molecule has 7 heteroatoms. The number of amides is 1. The fraction of sp³-hybridized carbons (Fsp3) is 0.348. The molecule has 2 aliphatic rings. The van der Waals surface area contributed by atoms with Crippen LogP contribution in [0.2, 0.25) is 0 Å². The van der Waals surface area contributed by atoms with E-state index in [1.165, 1.54) is 18.2 Å². The van der Waals surface area contributed by atoms with E-state index in [2.05, 4.69) is 10.3 Å². The molecule has 2 N–H and O–H groups in total. The normalized spacial score (nSPS) is 23.1. The fourth-order valence-electron chi connectivity index (χ4n) is 4.45. The molecule has 156 valence electrons. The Bertz CT molecular complexity index is 1100. The molecule has 2 fully saturated rings. The second kappa shape index (κ2) is 7.47. The fourth-order valence-corrected chi connectivity index (χ4v) is 4.45. The lowest BCUT2D eigenvalue weighted by Crippen LogP contribution is -2.45. The van der Waals surface area contributed by atoms with Crippen molar-refractivity contribution in [1.29, 1.82) is 0 Å². The molecule has 1 saturated heterocycles. The summed E-state index contributed by atoms with van der Waals surface area (Å²) in [7, 11) is 0. The van der Waals surface area contributed by atoms with Gasteiger partial charge in [0.15, 0.2) is 0 Å². The first-order valence-corrected chi connectivity index (χ1v) is 10.2. The number of fused-ring (bicyclic) bond motifs is 1. The molecule has 1 aliphatic carbocycles. The average molecular weight is 414 g/mol. The maximum atomic E-state index is 14.4. The molecule has 30 heavy (non-hydrogen) atoms. The van der Waals surface area contributed by atoms with Crippen LogP contribution in [0.5, 0.6) is 0 Å². The zero-order valence-electron chi connectivity index (χ0n) is 16.2. The molecular formula is C23H21F3N2O2.